The predicted molar refractivity (Wildman–Crippen MR) is 84.0 cm³/mol. The fourth-order valence-corrected chi connectivity index (χ4v) is 2.90. The molecule has 1 fully saturated rings. The fraction of sp³-hybridized carbons (Fsp3) is 0.353. The van der Waals surface area contributed by atoms with Crippen LogP contribution in [0.3, 0.4) is 0 Å². The molecule has 0 bridgehead atoms. The van der Waals surface area contributed by atoms with Crippen molar-refractivity contribution in [3.63, 3.8) is 0 Å². The molecule has 23 heavy (non-hydrogen) atoms. The topological polar surface area (TPSA) is 78.1 Å². The average Bonchev–Trinajstić information content (AvgIpc) is 3.30. The minimum atomic E-state index is -0.140. The van der Waals surface area contributed by atoms with E-state index < -0.39 is 0 Å². The van der Waals surface area contributed by atoms with Gasteiger partial charge in [-0.3, -0.25) is 14.7 Å². The number of hydrogen-bond donors (Lipinski definition) is 2. The Kier molecular flexibility index (Phi) is 3.37. The van der Waals surface area contributed by atoms with Crippen molar-refractivity contribution in [2.45, 2.75) is 31.8 Å². The highest BCUT2D eigenvalue weighted by molar-refractivity contribution is 5.96. The third kappa shape index (κ3) is 2.72. The summed E-state index contributed by atoms with van der Waals surface area (Å²) in [7, 11) is 0. The van der Waals surface area contributed by atoms with Crippen LogP contribution in [0.1, 0.15) is 44.9 Å². The Morgan fingerprint density at radius 2 is 2.00 bits per heavy atom. The van der Waals surface area contributed by atoms with Gasteiger partial charge >= 0.3 is 0 Å². The maximum Gasteiger partial charge on any atom is 0.272 e. The second-order valence-corrected chi connectivity index (χ2v) is 6.12. The highest BCUT2D eigenvalue weighted by Crippen LogP contribution is 2.24. The van der Waals surface area contributed by atoms with Gasteiger partial charge in [0.2, 0.25) is 0 Å². The first-order valence-corrected chi connectivity index (χ1v) is 7.93. The van der Waals surface area contributed by atoms with E-state index in [4.69, 9.17) is 0 Å². The number of amides is 2. The third-order valence-electron chi connectivity index (χ3n) is 4.37. The number of rotatable bonds is 3. The number of aromatic amines is 1. The Balaban J connectivity index is 1.55. The van der Waals surface area contributed by atoms with Gasteiger partial charge in [0, 0.05) is 35.8 Å². The molecule has 2 aromatic rings. The van der Waals surface area contributed by atoms with Crippen LogP contribution >= 0.6 is 0 Å². The van der Waals surface area contributed by atoms with Crippen molar-refractivity contribution < 1.29 is 9.59 Å². The summed E-state index contributed by atoms with van der Waals surface area (Å²) in [6.45, 7) is 1.06. The summed E-state index contributed by atoms with van der Waals surface area (Å²) in [5.41, 5.74) is 2.91. The van der Waals surface area contributed by atoms with Crippen LogP contribution in [0.4, 0.5) is 0 Å². The zero-order valence-corrected chi connectivity index (χ0v) is 12.7. The van der Waals surface area contributed by atoms with Gasteiger partial charge in [-0.15, -0.1) is 0 Å². The van der Waals surface area contributed by atoms with Crippen molar-refractivity contribution in [1.82, 2.24) is 20.4 Å². The van der Waals surface area contributed by atoms with Gasteiger partial charge < -0.3 is 10.2 Å². The van der Waals surface area contributed by atoms with E-state index >= 15 is 0 Å². The Bertz CT molecular complexity index is 749. The van der Waals surface area contributed by atoms with Gasteiger partial charge in [0.05, 0.1) is 6.54 Å². The van der Waals surface area contributed by atoms with Crippen molar-refractivity contribution >= 4 is 11.8 Å². The number of nitrogens with one attached hydrogen (secondary N) is 2. The maximum absolute atomic E-state index is 12.6. The average molecular weight is 310 g/mol. The van der Waals surface area contributed by atoms with Crippen molar-refractivity contribution in [3.05, 3.63) is 52.8 Å². The largest absolute Gasteiger partial charge is 0.348 e. The Morgan fingerprint density at radius 1 is 1.22 bits per heavy atom. The molecule has 0 spiro atoms. The molecular formula is C17H18N4O2. The number of benzene rings is 1. The van der Waals surface area contributed by atoms with E-state index in [0.29, 0.717) is 36.8 Å². The van der Waals surface area contributed by atoms with E-state index in [1.54, 1.807) is 4.90 Å². The number of carbonyl (C=O) groups excluding carboxylic acids is 2. The van der Waals surface area contributed by atoms with Crippen molar-refractivity contribution in [3.8, 4) is 0 Å². The van der Waals surface area contributed by atoms with Crippen LogP contribution in [0.2, 0.25) is 0 Å². The molecule has 1 aliphatic carbocycles. The van der Waals surface area contributed by atoms with Gasteiger partial charge in [0.25, 0.3) is 11.8 Å². The standard InChI is InChI=1S/C17H18N4O2/c22-16(18-12-6-7-12)15-13-10-21(9-8-14(13)19-20-15)17(23)11-4-2-1-3-5-11/h1-5,12H,6-10H2,(H,18,22)(H,19,20). The van der Waals surface area contributed by atoms with E-state index in [9.17, 15) is 9.59 Å². The van der Waals surface area contributed by atoms with E-state index in [0.717, 1.165) is 24.1 Å². The molecule has 2 aliphatic rings. The molecule has 1 aliphatic heterocycles. The molecule has 2 heterocycles. The minimum Gasteiger partial charge on any atom is -0.348 e. The number of nitrogens with zero attached hydrogens (tertiary/aromatic N) is 2. The first-order chi connectivity index (χ1) is 11.2. The van der Waals surface area contributed by atoms with Crippen LogP contribution in [0.25, 0.3) is 0 Å². The van der Waals surface area contributed by atoms with Crippen LogP contribution in [0, 0.1) is 0 Å². The third-order valence-corrected chi connectivity index (χ3v) is 4.37. The summed E-state index contributed by atoms with van der Waals surface area (Å²) in [6.07, 6.45) is 2.77. The highest BCUT2D eigenvalue weighted by atomic mass is 16.2. The summed E-state index contributed by atoms with van der Waals surface area (Å²) < 4.78 is 0. The molecule has 118 valence electrons. The van der Waals surface area contributed by atoms with E-state index in [1.807, 2.05) is 30.3 Å². The molecule has 1 aromatic heterocycles. The van der Waals surface area contributed by atoms with E-state index in [-0.39, 0.29) is 11.8 Å². The van der Waals surface area contributed by atoms with Crippen LogP contribution in [0.5, 0.6) is 0 Å². The lowest BCUT2D eigenvalue weighted by atomic mass is 10.0. The molecule has 0 unspecified atom stereocenters. The zero-order valence-electron chi connectivity index (χ0n) is 12.7. The number of H-pyrrole nitrogens is 1. The number of hydrogen-bond acceptors (Lipinski definition) is 3. The first kappa shape index (κ1) is 14.0. The monoisotopic (exact) mass is 310 g/mol. The minimum absolute atomic E-state index is 0.00833. The summed E-state index contributed by atoms with van der Waals surface area (Å²) in [4.78, 5) is 26.7. The second-order valence-electron chi connectivity index (χ2n) is 6.12. The number of carbonyl (C=O) groups is 2. The molecule has 2 N–H and O–H groups in total. The van der Waals surface area contributed by atoms with Gasteiger partial charge in [-0.1, -0.05) is 18.2 Å². The molecule has 0 atom stereocenters. The molecule has 4 rings (SSSR count). The van der Waals surface area contributed by atoms with Crippen molar-refractivity contribution in [2.75, 3.05) is 6.54 Å². The normalized spacial score (nSPS) is 16.8. The van der Waals surface area contributed by atoms with Crippen LogP contribution in [-0.4, -0.2) is 39.5 Å². The van der Waals surface area contributed by atoms with Gasteiger partial charge in [-0.05, 0) is 25.0 Å². The summed E-state index contributed by atoms with van der Waals surface area (Å²) in [6, 6.07) is 9.52. The van der Waals surface area contributed by atoms with E-state index in [1.165, 1.54) is 0 Å². The summed E-state index contributed by atoms with van der Waals surface area (Å²) in [5.74, 6) is -0.148. The summed E-state index contributed by atoms with van der Waals surface area (Å²) >= 11 is 0. The number of aromatic nitrogens is 2. The number of fused-ring (bicyclic) bond motifs is 1. The van der Waals surface area contributed by atoms with Gasteiger partial charge in [0.15, 0.2) is 5.69 Å². The summed E-state index contributed by atoms with van der Waals surface area (Å²) in [5, 5.41) is 10.1. The van der Waals surface area contributed by atoms with Gasteiger partial charge in [-0.25, -0.2) is 0 Å². The molecule has 2 amide bonds. The first-order valence-electron chi connectivity index (χ1n) is 7.93. The smallest absolute Gasteiger partial charge is 0.272 e. The van der Waals surface area contributed by atoms with Crippen molar-refractivity contribution in [2.24, 2.45) is 0 Å². The Hall–Kier alpha value is -2.63. The molecule has 1 saturated carbocycles. The fourth-order valence-electron chi connectivity index (χ4n) is 2.90. The lowest BCUT2D eigenvalue weighted by Gasteiger charge is -2.27. The van der Waals surface area contributed by atoms with Crippen LogP contribution < -0.4 is 5.32 Å². The SMILES string of the molecule is O=C(NC1CC1)c1n[nH]c2c1CN(C(=O)c1ccccc1)CC2. The lowest BCUT2D eigenvalue weighted by Crippen LogP contribution is -2.37. The zero-order chi connectivity index (χ0) is 15.8. The molecule has 0 radical (unpaired) electrons. The molecule has 6 nitrogen and oxygen atoms in total. The van der Waals surface area contributed by atoms with Gasteiger partial charge in [0.1, 0.15) is 0 Å². The van der Waals surface area contributed by atoms with Crippen molar-refractivity contribution in [1.29, 1.82) is 0 Å². The van der Waals surface area contributed by atoms with Crippen LogP contribution in [-0.2, 0) is 13.0 Å². The molecule has 6 heteroatoms. The van der Waals surface area contributed by atoms with Gasteiger partial charge in [-0.2, -0.15) is 5.10 Å². The molecule has 1 aromatic carbocycles. The Labute approximate surface area is 133 Å². The predicted octanol–water partition coefficient (Wildman–Crippen LogP) is 1.50. The van der Waals surface area contributed by atoms with Crippen LogP contribution in [0.15, 0.2) is 30.3 Å². The quantitative estimate of drug-likeness (QED) is 0.902. The maximum atomic E-state index is 12.6. The highest BCUT2D eigenvalue weighted by Gasteiger charge is 2.30. The Morgan fingerprint density at radius 3 is 2.74 bits per heavy atom. The molecule has 0 saturated heterocycles. The lowest BCUT2D eigenvalue weighted by molar-refractivity contribution is 0.0731. The van der Waals surface area contributed by atoms with E-state index in [2.05, 4.69) is 15.5 Å². The molecular weight excluding hydrogens is 292 g/mol. The second kappa shape index (κ2) is 5.53.